The molecule has 0 aliphatic rings. The van der Waals surface area contributed by atoms with Gasteiger partial charge in [0, 0.05) is 20.3 Å². The van der Waals surface area contributed by atoms with Crippen LogP contribution in [0.2, 0.25) is 19.6 Å². The van der Waals surface area contributed by atoms with E-state index in [2.05, 4.69) is 26.6 Å². The van der Waals surface area contributed by atoms with Gasteiger partial charge in [-0.2, -0.15) is 0 Å². The molecular formula is C32H66O5Si. The summed E-state index contributed by atoms with van der Waals surface area (Å²) in [7, 11) is 3.40. The van der Waals surface area contributed by atoms with E-state index in [1.807, 2.05) is 7.11 Å². The van der Waals surface area contributed by atoms with E-state index in [-0.39, 0.29) is 5.97 Å². The van der Waals surface area contributed by atoms with Crippen LogP contribution in [0.4, 0.5) is 0 Å². The van der Waals surface area contributed by atoms with Crippen molar-refractivity contribution in [1.82, 2.24) is 0 Å². The Morgan fingerprint density at radius 3 is 1.42 bits per heavy atom. The number of methoxy groups -OCH3 is 3. The van der Waals surface area contributed by atoms with E-state index < -0.39 is 14.4 Å². The molecule has 0 spiro atoms. The maximum atomic E-state index is 11.5. The van der Waals surface area contributed by atoms with Gasteiger partial charge in [0.15, 0.2) is 14.4 Å². The van der Waals surface area contributed by atoms with E-state index in [1.165, 1.54) is 129 Å². The first-order valence-electron chi connectivity index (χ1n) is 16.1. The molecule has 0 heterocycles. The van der Waals surface area contributed by atoms with Crippen LogP contribution in [0.25, 0.3) is 0 Å². The predicted molar refractivity (Wildman–Crippen MR) is 164 cm³/mol. The fraction of sp³-hybridized carbons (Fsp3) is 0.969. The second-order valence-electron chi connectivity index (χ2n) is 12.2. The monoisotopic (exact) mass is 558 g/mol. The maximum absolute atomic E-state index is 11.5. The third-order valence-corrected chi connectivity index (χ3v) is 8.57. The summed E-state index contributed by atoms with van der Waals surface area (Å²) in [6.07, 6.45) is 26.7. The van der Waals surface area contributed by atoms with Crippen molar-refractivity contribution in [2.24, 2.45) is 0 Å². The van der Waals surface area contributed by atoms with E-state index in [9.17, 15) is 4.79 Å². The van der Waals surface area contributed by atoms with E-state index in [0.29, 0.717) is 12.2 Å². The highest BCUT2D eigenvalue weighted by molar-refractivity contribution is 6.69. The Morgan fingerprint density at radius 2 is 0.974 bits per heavy atom. The first-order chi connectivity index (χ1) is 18.3. The summed E-state index contributed by atoms with van der Waals surface area (Å²) in [5.74, 6) is -0.255. The lowest BCUT2D eigenvalue weighted by atomic mass is 10.00. The topological polar surface area (TPSA) is 54.0 Å². The third kappa shape index (κ3) is 23.5. The van der Waals surface area contributed by atoms with Gasteiger partial charge < -0.3 is 18.6 Å². The highest BCUT2D eigenvalue weighted by Crippen LogP contribution is 2.21. The molecule has 0 aliphatic heterocycles. The second kappa shape index (κ2) is 25.5. The van der Waals surface area contributed by atoms with Crippen LogP contribution < -0.4 is 0 Å². The number of carbonyl (C=O) groups is 1. The Hall–Kier alpha value is -0.433. The lowest BCUT2D eigenvalue weighted by Crippen LogP contribution is -2.32. The summed E-state index contributed by atoms with van der Waals surface area (Å²) in [4.78, 5) is 11.5. The highest BCUT2D eigenvalue weighted by atomic mass is 28.4. The summed E-state index contributed by atoms with van der Waals surface area (Å²) in [6, 6.07) is 0. The standard InChI is InChI=1S/C32H66O5Si/c1-8-9-10-20-25-30(37-38(5,6)7)27-23-26-29(34-2)24-21-18-16-14-12-11-13-15-17-19-22-28-31(35-3)32(33)36-4/h29-31H,8-28H2,1-7H3. The van der Waals surface area contributed by atoms with Crippen LogP contribution in [-0.4, -0.2) is 53.9 Å². The Labute approximate surface area is 238 Å². The molecule has 0 bridgehead atoms. The molecule has 0 aliphatic carbocycles. The molecule has 0 rings (SSSR count). The van der Waals surface area contributed by atoms with Crippen LogP contribution in [0, 0.1) is 0 Å². The van der Waals surface area contributed by atoms with Gasteiger partial charge in [0.2, 0.25) is 0 Å². The lowest BCUT2D eigenvalue weighted by Gasteiger charge is -2.27. The molecule has 0 saturated carbocycles. The number of carbonyl (C=O) groups excluding carboxylic acids is 1. The molecule has 0 saturated heterocycles. The van der Waals surface area contributed by atoms with Crippen LogP contribution in [0.5, 0.6) is 0 Å². The van der Waals surface area contributed by atoms with Crippen LogP contribution in [0.15, 0.2) is 0 Å². The van der Waals surface area contributed by atoms with Gasteiger partial charge in [-0.25, -0.2) is 4.79 Å². The molecule has 3 atom stereocenters. The van der Waals surface area contributed by atoms with Crippen molar-refractivity contribution >= 4 is 14.3 Å². The molecule has 0 N–H and O–H groups in total. The van der Waals surface area contributed by atoms with Gasteiger partial charge in [-0.1, -0.05) is 103 Å². The van der Waals surface area contributed by atoms with Crippen molar-refractivity contribution < 1.29 is 23.4 Å². The maximum Gasteiger partial charge on any atom is 0.334 e. The minimum atomic E-state index is -1.48. The summed E-state index contributed by atoms with van der Waals surface area (Å²) in [6.45, 7) is 9.24. The van der Waals surface area contributed by atoms with E-state index in [4.69, 9.17) is 18.6 Å². The smallest absolute Gasteiger partial charge is 0.334 e. The van der Waals surface area contributed by atoms with E-state index in [0.717, 1.165) is 12.8 Å². The Kier molecular flexibility index (Phi) is 25.2. The summed E-state index contributed by atoms with van der Waals surface area (Å²) < 4.78 is 22.3. The molecule has 228 valence electrons. The Balaban J connectivity index is 3.76. The molecule has 6 heteroatoms. The number of unbranched alkanes of at least 4 members (excludes halogenated alkanes) is 13. The molecule has 0 radical (unpaired) electrons. The quantitative estimate of drug-likeness (QED) is 0.0543. The van der Waals surface area contributed by atoms with Gasteiger partial charge in [-0.3, -0.25) is 0 Å². The second-order valence-corrected chi connectivity index (χ2v) is 16.7. The van der Waals surface area contributed by atoms with Gasteiger partial charge in [-0.15, -0.1) is 0 Å². The molecule has 0 aromatic carbocycles. The van der Waals surface area contributed by atoms with Crippen LogP contribution in [-0.2, 0) is 23.4 Å². The van der Waals surface area contributed by atoms with Gasteiger partial charge in [0.25, 0.3) is 0 Å². The van der Waals surface area contributed by atoms with Crippen molar-refractivity contribution in [2.75, 3.05) is 21.3 Å². The molecular weight excluding hydrogens is 492 g/mol. The lowest BCUT2D eigenvalue weighted by molar-refractivity contribution is -0.152. The molecule has 38 heavy (non-hydrogen) atoms. The van der Waals surface area contributed by atoms with Crippen molar-refractivity contribution in [3.8, 4) is 0 Å². The van der Waals surface area contributed by atoms with Gasteiger partial charge in [0.1, 0.15) is 0 Å². The number of hydrogen-bond acceptors (Lipinski definition) is 5. The minimum absolute atomic E-state index is 0.255. The average Bonchev–Trinajstić information content (AvgIpc) is 2.88. The van der Waals surface area contributed by atoms with Gasteiger partial charge in [0.05, 0.1) is 13.2 Å². The zero-order valence-corrected chi connectivity index (χ0v) is 27.6. The van der Waals surface area contributed by atoms with Crippen molar-refractivity contribution in [3.63, 3.8) is 0 Å². The molecule has 0 fully saturated rings. The number of rotatable bonds is 28. The number of ether oxygens (including phenoxy) is 3. The third-order valence-electron chi connectivity index (χ3n) is 7.53. The largest absolute Gasteiger partial charge is 0.467 e. The molecule has 3 unspecified atom stereocenters. The van der Waals surface area contributed by atoms with Crippen molar-refractivity contribution in [1.29, 1.82) is 0 Å². The predicted octanol–water partition coefficient (Wildman–Crippen LogP) is 9.62. The highest BCUT2D eigenvalue weighted by Gasteiger charge is 2.21. The van der Waals surface area contributed by atoms with E-state index in [1.54, 1.807) is 7.11 Å². The molecule has 0 aromatic heterocycles. The zero-order chi connectivity index (χ0) is 28.5. The van der Waals surface area contributed by atoms with Crippen LogP contribution >= 0.6 is 0 Å². The van der Waals surface area contributed by atoms with E-state index >= 15 is 0 Å². The Bertz CT molecular complexity index is 522. The zero-order valence-electron chi connectivity index (χ0n) is 26.6. The average molecular weight is 559 g/mol. The fourth-order valence-corrected chi connectivity index (χ4v) is 6.51. The van der Waals surface area contributed by atoms with Crippen molar-refractivity contribution in [3.05, 3.63) is 0 Å². The summed E-state index contributed by atoms with van der Waals surface area (Å²) in [5.41, 5.74) is 0. The SMILES string of the molecule is CCCCCCC(CCCC(CCCCCCCCCCCCCC(OC)C(=O)OC)OC)O[Si](C)(C)C. The fourth-order valence-electron chi connectivity index (χ4n) is 5.27. The molecule has 0 aromatic rings. The normalized spacial score (nSPS) is 14.4. The first kappa shape index (κ1) is 37.6. The molecule has 0 amide bonds. The summed E-state index contributed by atoms with van der Waals surface area (Å²) >= 11 is 0. The van der Waals surface area contributed by atoms with Gasteiger partial charge in [-0.05, 0) is 58.2 Å². The Morgan fingerprint density at radius 1 is 0.553 bits per heavy atom. The van der Waals surface area contributed by atoms with Gasteiger partial charge >= 0.3 is 5.97 Å². The van der Waals surface area contributed by atoms with Crippen molar-refractivity contribution in [2.45, 2.75) is 180 Å². The minimum Gasteiger partial charge on any atom is -0.467 e. The first-order valence-corrected chi connectivity index (χ1v) is 19.5. The number of esters is 1. The molecule has 5 nitrogen and oxygen atoms in total. The van der Waals surface area contributed by atoms with Crippen LogP contribution in [0.3, 0.4) is 0 Å². The number of hydrogen-bond donors (Lipinski definition) is 0. The van der Waals surface area contributed by atoms with Crippen LogP contribution in [0.1, 0.15) is 142 Å². The summed E-state index contributed by atoms with van der Waals surface area (Å²) in [5, 5.41) is 0.